The summed E-state index contributed by atoms with van der Waals surface area (Å²) in [5.74, 6) is 1.41. The summed E-state index contributed by atoms with van der Waals surface area (Å²) in [5.41, 5.74) is 2.87. The van der Waals surface area contributed by atoms with Gasteiger partial charge >= 0.3 is 0 Å². The Kier molecular flexibility index (Phi) is 4.21. The molecule has 5 rings (SSSR count). The van der Waals surface area contributed by atoms with Gasteiger partial charge in [0, 0.05) is 35.6 Å². The predicted molar refractivity (Wildman–Crippen MR) is 109 cm³/mol. The fourth-order valence-electron chi connectivity index (χ4n) is 3.26. The number of benzene rings is 2. The van der Waals surface area contributed by atoms with E-state index in [0.29, 0.717) is 18.1 Å². The Morgan fingerprint density at radius 3 is 3.00 bits per heavy atom. The first-order valence-electron chi connectivity index (χ1n) is 8.95. The Bertz CT molecular complexity index is 1160. The van der Waals surface area contributed by atoms with Crippen molar-refractivity contribution >= 4 is 33.3 Å². The zero-order valence-electron chi connectivity index (χ0n) is 14.9. The van der Waals surface area contributed by atoms with Crippen LogP contribution in [-0.2, 0) is 11.3 Å². The quantitative estimate of drug-likeness (QED) is 0.543. The highest BCUT2D eigenvalue weighted by Gasteiger charge is 2.15. The van der Waals surface area contributed by atoms with Crippen LogP contribution >= 0.6 is 11.3 Å². The summed E-state index contributed by atoms with van der Waals surface area (Å²) in [7, 11) is 0. The number of anilines is 1. The lowest BCUT2D eigenvalue weighted by Crippen LogP contribution is -2.14. The van der Waals surface area contributed by atoms with E-state index in [9.17, 15) is 4.79 Å². The van der Waals surface area contributed by atoms with Crippen LogP contribution in [0.4, 0.5) is 5.13 Å². The van der Waals surface area contributed by atoms with Crippen molar-refractivity contribution in [3.8, 4) is 22.8 Å². The number of carbonyl (C=O) groups is 1. The van der Waals surface area contributed by atoms with E-state index in [-0.39, 0.29) is 12.7 Å². The molecule has 2 aromatic heterocycles. The fourth-order valence-corrected chi connectivity index (χ4v) is 3.99. The summed E-state index contributed by atoms with van der Waals surface area (Å²) >= 11 is 1.41. The van der Waals surface area contributed by atoms with Gasteiger partial charge in [0.2, 0.25) is 12.7 Å². The topological polar surface area (TPSA) is 65.4 Å². The fraction of sp³-hybridized carbons (Fsp3) is 0.143. The Hall–Kier alpha value is -3.32. The van der Waals surface area contributed by atoms with Crippen LogP contribution in [0, 0.1) is 0 Å². The number of ether oxygens (including phenoxy) is 2. The van der Waals surface area contributed by atoms with Crippen molar-refractivity contribution in [1.29, 1.82) is 0 Å². The largest absolute Gasteiger partial charge is 0.454 e. The van der Waals surface area contributed by atoms with Gasteiger partial charge in [0.25, 0.3) is 0 Å². The summed E-state index contributed by atoms with van der Waals surface area (Å²) in [4.78, 5) is 16.9. The molecule has 2 aromatic carbocycles. The molecule has 1 aliphatic heterocycles. The minimum Gasteiger partial charge on any atom is -0.454 e. The zero-order valence-corrected chi connectivity index (χ0v) is 15.7. The second-order valence-corrected chi connectivity index (χ2v) is 7.33. The maximum absolute atomic E-state index is 12.3. The van der Waals surface area contributed by atoms with Gasteiger partial charge < -0.3 is 19.4 Å². The highest BCUT2D eigenvalue weighted by Crippen LogP contribution is 2.36. The second-order valence-electron chi connectivity index (χ2n) is 6.47. The first-order valence-corrected chi connectivity index (χ1v) is 9.83. The van der Waals surface area contributed by atoms with E-state index >= 15 is 0 Å². The van der Waals surface area contributed by atoms with E-state index < -0.39 is 0 Å². The van der Waals surface area contributed by atoms with Crippen molar-refractivity contribution in [2.45, 2.75) is 13.0 Å². The molecule has 1 aliphatic rings. The number of para-hydroxylation sites is 1. The summed E-state index contributed by atoms with van der Waals surface area (Å²) in [6, 6.07) is 15.9. The highest BCUT2D eigenvalue weighted by molar-refractivity contribution is 7.14. The number of fused-ring (bicyclic) bond motifs is 2. The van der Waals surface area contributed by atoms with Gasteiger partial charge in [0.1, 0.15) is 0 Å². The lowest BCUT2D eigenvalue weighted by atomic mass is 10.1. The normalized spacial score (nSPS) is 12.4. The number of hydrogen-bond donors (Lipinski definition) is 1. The molecule has 1 amide bonds. The molecule has 6 nitrogen and oxygen atoms in total. The smallest absolute Gasteiger partial charge is 0.231 e. The van der Waals surface area contributed by atoms with E-state index in [0.717, 1.165) is 28.3 Å². The molecular weight excluding hydrogens is 374 g/mol. The lowest BCUT2D eigenvalue weighted by Gasteiger charge is -2.05. The first kappa shape index (κ1) is 16.8. The third-order valence-corrected chi connectivity index (χ3v) is 5.44. The number of nitrogens with zero attached hydrogens (tertiary/aromatic N) is 2. The molecule has 0 saturated heterocycles. The molecule has 0 unspecified atom stereocenters. The number of aromatic nitrogens is 2. The van der Waals surface area contributed by atoms with Crippen LogP contribution in [0.25, 0.3) is 22.2 Å². The van der Waals surface area contributed by atoms with E-state index in [1.165, 1.54) is 16.7 Å². The van der Waals surface area contributed by atoms with Gasteiger partial charge in [-0.05, 0) is 35.7 Å². The summed E-state index contributed by atoms with van der Waals surface area (Å²) < 4.78 is 12.8. The van der Waals surface area contributed by atoms with Gasteiger partial charge in [-0.2, -0.15) is 0 Å². The summed E-state index contributed by atoms with van der Waals surface area (Å²) in [6.45, 7) is 0.869. The third kappa shape index (κ3) is 3.20. The van der Waals surface area contributed by atoms with Gasteiger partial charge in [0.05, 0.1) is 5.69 Å². The van der Waals surface area contributed by atoms with Crippen LogP contribution in [-0.4, -0.2) is 22.3 Å². The molecule has 0 aliphatic carbocycles. The predicted octanol–water partition coefficient (Wildman–Crippen LogP) is 4.52. The van der Waals surface area contributed by atoms with Crippen LogP contribution in [0.15, 0.2) is 60.1 Å². The average molecular weight is 391 g/mol. The number of amides is 1. The van der Waals surface area contributed by atoms with Crippen LogP contribution < -0.4 is 14.8 Å². The maximum Gasteiger partial charge on any atom is 0.231 e. The van der Waals surface area contributed by atoms with Gasteiger partial charge in [-0.1, -0.05) is 18.2 Å². The van der Waals surface area contributed by atoms with Gasteiger partial charge in [0.15, 0.2) is 16.6 Å². The van der Waals surface area contributed by atoms with E-state index in [1.807, 2.05) is 41.9 Å². The number of thiazole rings is 1. The van der Waals surface area contributed by atoms with Crippen molar-refractivity contribution in [1.82, 2.24) is 9.55 Å². The van der Waals surface area contributed by atoms with Crippen LogP contribution in [0.2, 0.25) is 0 Å². The van der Waals surface area contributed by atoms with Crippen molar-refractivity contribution < 1.29 is 14.3 Å². The van der Waals surface area contributed by atoms with Gasteiger partial charge in [-0.25, -0.2) is 4.98 Å². The van der Waals surface area contributed by atoms with Gasteiger partial charge in [-0.15, -0.1) is 11.3 Å². The van der Waals surface area contributed by atoms with Crippen molar-refractivity contribution in [2.75, 3.05) is 12.1 Å². The molecule has 7 heteroatoms. The summed E-state index contributed by atoms with van der Waals surface area (Å²) in [6.07, 6.45) is 2.40. The molecule has 0 atom stereocenters. The molecule has 0 radical (unpaired) electrons. The monoisotopic (exact) mass is 391 g/mol. The first-order chi connectivity index (χ1) is 13.8. The molecule has 3 heterocycles. The van der Waals surface area contributed by atoms with Crippen molar-refractivity contribution in [3.05, 3.63) is 60.1 Å². The Morgan fingerprint density at radius 1 is 1.14 bits per heavy atom. The number of aryl methyl sites for hydroxylation is 1. The van der Waals surface area contributed by atoms with Crippen LogP contribution in [0.5, 0.6) is 11.5 Å². The van der Waals surface area contributed by atoms with Crippen molar-refractivity contribution in [2.24, 2.45) is 0 Å². The molecule has 0 spiro atoms. The Balaban J connectivity index is 1.23. The molecule has 0 fully saturated rings. The van der Waals surface area contributed by atoms with Crippen LogP contribution in [0.3, 0.4) is 0 Å². The van der Waals surface area contributed by atoms with E-state index in [2.05, 4.69) is 33.1 Å². The number of rotatable bonds is 5. The minimum atomic E-state index is -0.0515. The summed E-state index contributed by atoms with van der Waals surface area (Å²) in [5, 5.41) is 6.59. The standard InChI is InChI=1S/C21H17N3O3S/c25-20(8-10-24-9-7-14-3-1-2-4-17(14)24)23-21-22-16(12-28-21)15-5-6-18-19(11-15)27-13-26-18/h1-7,9,11-12H,8,10,13H2,(H,22,23,25). The van der Waals surface area contributed by atoms with Crippen molar-refractivity contribution in [3.63, 3.8) is 0 Å². The molecule has 1 N–H and O–H groups in total. The SMILES string of the molecule is O=C(CCn1ccc2ccccc21)Nc1nc(-c2ccc3c(c2)OCO3)cs1. The van der Waals surface area contributed by atoms with E-state index in [4.69, 9.17) is 9.47 Å². The third-order valence-electron chi connectivity index (χ3n) is 4.68. The number of hydrogen-bond acceptors (Lipinski definition) is 5. The molecular formula is C21H17N3O3S. The van der Waals surface area contributed by atoms with Gasteiger partial charge in [-0.3, -0.25) is 4.79 Å². The number of nitrogens with one attached hydrogen (secondary N) is 1. The Labute approximate surface area is 165 Å². The molecule has 0 bridgehead atoms. The average Bonchev–Trinajstić information content (AvgIpc) is 3.45. The lowest BCUT2D eigenvalue weighted by molar-refractivity contribution is -0.116. The molecule has 28 heavy (non-hydrogen) atoms. The molecule has 4 aromatic rings. The highest BCUT2D eigenvalue weighted by atomic mass is 32.1. The molecule has 0 saturated carbocycles. The van der Waals surface area contributed by atoms with E-state index in [1.54, 1.807) is 0 Å². The molecule has 140 valence electrons. The number of carbonyl (C=O) groups excluding carboxylic acids is 1. The minimum absolute atomic E-state index is 0.0515. The second kappa shape index (κ2) is 7.01. The van der Waals surface area contributed by atoms with Crippen LogP contribution in [0.1, 0.15) is 6.42 Å². The maximum atomic E-state index is 12.3. The zero-order chi connectivity index (χ0) is 18.9. The Morgan fingerprint density at radius 2 is 2.04 bits per heavy atom.